The lowest BCUT2D eigenvalue weighted by atomic mass is 9.95. The molecule has 1 saturated carbocycles. The molecule has 0 heterocycles. The zero-order chi connectivity index (χ0) is 31.9. The average molecular weight is 642 g/mol. The minimum atomic E-state index is -4.27. The standard InChI is InChI=1S/C33H40ClN3O6S/c1-23-10-17-29(18-11-23)44(40,41)37(30-20-26(34)14-19-31(30)43-4)22-32(38)36(21-25-12-15-28(42-3)16-13-25)24(2)33(39)35-27-8-6-5-7-9-27/h10-20,24,27H,5-9,21-22H2,1-4H3,(H,35,39)/t24-/m1/s1. The Kier molecular flexibility index (Phi) is 11.2. The van der Waals surface area contributed by atoms with Gasteiger partial charge in [-0.1, -0.05) is 60.7 Å². The summed E-state index contributed by atoms with van der Waals surface area (Å²) in [6.45, 7) is 3.00. The van der Waals surface area contributed by atoms with E-state index >= 15 is 0 Å². The van der Waals surface area contributed by atoms with Gasteiger partial charge >= 0.3 is 0 Å². The lowest BCUT2D eigenvalue weighted by Crippen LogP contribution is -2.53. The number of rotatable bonds is 12. The summed E-state index contributed by atoms with van der Waals surface area (Å²) in [5.74, 6) is 0.0256. The molecule has 0 saturated heterocycles. The minimum Gasteiger partial charge on any atom is -0.497 e. The van der Waals surface area contributed by atoms with Crippen molar-refractivity contribution in [2.75, 3.05) is 25.1 Å². The van der Waals surface area contributed by atoms with E-state index in [-0.39, 0.29) is 39.8 Å². The first-order valence-corrected chi connectivity index (χ1v) is 16.5. The second-order valence-electron chi connectivity index (χ2n) is 11.0. The van der Waals surface area contributed by atoms with Crippen LogP contribution in [-0.2, 0) is 26.2 Å². The van der Waals surface area contributed by atoms with Crippen LogP contribution in [0.1, 0.15) is 50.2 Å². The van der Waals surface area contributed by atoms with Crippen molar-refractivity contribution in [3.05, 3.63) is 82.9 Å². The van der Waals surface area contributed by atoms with Gasteiger partial charge in [0.05, 0.1) is 24.8 Å². The molecule has 1 N–H and O–H groups in total. The van der Waals surface area contributed by atoms with Gasteiger partial charge in [0.1, 0.15) is 24.1 Å². The number of nitrogens with one attached hydrogen (secondary N) is 1. The molecule has 1 fully saturated rings. The zero-order valence-electron chi connectivity index (χ0n) is 25.6. The van der Waals surface area contributed by atoms with E-state index in [9.17, 15) is 18.0 Å². The van der Waals surface area contributed by atoms with Gasteiger partial charge in [-0.3, -0.25) is 13.9 Å². The molecule has 1 aliphatic carbocycles. The smallest absolute Gasteiger partial charge is 0.264 e. The number of hydrogen-bond acceptors (Lipinski definition) is 6. The van der Waals surface area contributed by atoms with E-state index in [4.69, 9.17) is 21.1 Å². The first kappa shape index (κ1) is 33.1. The van der Waals surface area contributed by atoms with Crippen LogP contribution in [0.25, 0.3) is 0 Å². The minimum absolute atomic E-state index is 0.00252. The number of halogens is 1. The Labute approximate surface area is 265 Å². The number of amides is 2. The van der Waals surface area contributed by atoms with Gasteiger partial charge in [-0.25, -0.2) is 8.42 Å². The Morgan fingerprint density at radius 1 is 0.955 bits per heavy atom. The molecular formula is C33H40ClN3O6S. The second-order valence-corrected chi connectivity index (χ2v) is 13.3. The van der Waals surface area contributed by atoms with Gasteiger partial charge in [0.15, 0.2) is 0 Å². The van der Waals surface area contributed by atoms with Crippen molar-refractivity contribution in [3.63, 3.8) is 0 Å². The third-order valence-electron chi connectivity index (χ3n) is 7.93. The lowest BCUT2D eigenvalue weighted by Gasteiger charge is -2.33. The number of nitrogens with zero attached hydrogens (tertiary/aromatic N) is 2. The highest BCUT2D eigenvalue weighted by Gasteiger charge is 2.34. The fraction of sp³-hybridized carbons (Fsp3) is 0.394. The van der Waals surface area contributed by atoms with Gasteiger partial charge in [0, 0.05) is 17.6 Å². The number of hydrogen-bond donors (Lipinski definition) is 1. The highest BCUT2D eigenvalue weighted by molar-refractivity contribution is 7.92. The summed E-state index contributed by atoms with van der Waals surface area (Å²) in [4.78, 5) is 29.2. The van der Waals surface area contributed by atoms with Crippen LogP contribution < -0.4 is 19.1 Å². The molecule has 0 unspecified atom stereocenters. The summed E-state index contributed by atoms with van der Waals surface area (Å²) in [6.07, 6.45) is 5.01. The quantitative estimate of drug-likeness (QED) is 0.271. The molecule has 11 heteroatoms. The van der Waals surface area contributed by atoms with E-state index in [0.717, 1.165) is 47.5 Å². The predicted molar refractivity (Wildman–Crippen MR) is 172 cm³/mol. The molecule has 0 aliphatic heterocycles. The van der Waals surface area contributed by atoms with Crippen molar-refractivity contribution in [2.24, 2.45) is 0 Å². The number of benzene rings is 3. The van der Waals surface area contributed by atoms with Gasteiger partial charge in [-0.15, -0.1) is 0 Å². The van der Waals surface area contributed by atoms with E-state index in [0.29, 0.717) is 5.75 Å². The van der Waals surface area contributed by atoms with Crippen LogP contribution in [0.3, 0.4) is 0 Å². The summed E-state index contributed by atoms with van der Waals surface area (Å²) >= 11 is 6.31. The molecule has 3 aromatic carbocycles. The van der Waals surface area contributed by atoms with Gasteiger partial charge in [0.2, 0.25) is 11.8 Å². The molecule has 236 valence electrons. The number of ether oxygens (including phenoxy) is 2. The molecule has 0 aromatic heterocycles. The van der Waals surface area contributed by atoms with Crippen molar-refractivity contribution in [1.82, 2.24) is 10.2 Å². The largest absolute Gasteiger partial charge is 0.497 e. The van der Waals surface area contributed by atoms with E-state index in [2.05, 4.69) is 5.32 Å². The molecule has 44 heavy (non-hydrogen) atoms. The van der Waals surface area contributed by atoms with Gasteiger partial charge in [-0.2, -0.15) is 0 Å². The Morgan fingerprint density at radius 2 is 1.61 bits per heavy atom. The number of carbonyl (C=O) groups excluding carboxylic acids is 2. The predicted octanol–water partition coefficient (Wildman–Crippen LogP) is 5.73. The Balaban J connectivity index is 1.72. The highest BCUT2D eigenvalue weighted by atomic mass is 35.5. The fourth-order valence-corrected chi connectivity index (χ4v) is 6.87. The van der Waals surface area contributed by atoms with Crippen molar-refractivity contribution in [2.45, 2.75) is 69.5 Å². The van der Waals surface area contributed by atoms with E-state index in [1.54, 1.807) is 50.4 Å². The number of aryl methyl sites for hydroxylation is 1. The van der Waals surface area contributed by atoms with Crippen LogP contribution in [0, 0.1) is 6.92 Å². The van der Waals surface area contributed by atoms with Crippen LogP contribution in [0.15, 0.2) is 71.6 Å². The highest BCUT2D eigenvalue weighted by Crippen LogP contribution is 2.35. The third kappa shape index (κ3) is 8.04. The number of anilines is 1. The number of sulfonamides is 1. The molecule has 0 spiro atoms. The first-order valence-electron chi connectivity index (χ1n) is 14.7. The van der Waals surface area contributed by atoms with E-state index in [1.165, 1.54) is 30.2 Å². The number of carbonyl (C=O) groups is 2. The van der Waals surface area contributed by atoms with Crippen LogP contribution in [0.4, 0.5) is 5.69 Å². The van der Waals surface area contributed by atoms with Crippen molar-refractivity contribution in [3.8, 4) is 11.5 Å². The molecule has 0 bridgehead atoms. The molecule has 9 nitrogen and oxygen atoms in total. The summed E-state index contributed by atoms with van der Waals surface area (Å²) < 4.78 is 40.0. The van der Waals surface area contributed by atoms with Gasteiger partial charge in [0.25, 0.3) is 10.0 Å². The van der Waals surface area contributed by atoms with Gasteiger partial charge < -0.3 is 19.7 Å². The van der Waals surface area contributed by atoms with E-state index < -0.39 is 28.5 Å². The van der Waals surface area contributed by atoms with Crippen LogP contribution in [0.5, 0.6) is 11.5 Å². The first-order chi connectivity index (χ1) is 21.0. The Bertz CT molecular complexity index is 1540. The van der Waals surface area contributed by atoms with Crippen LogP contribution >= 0.6 is 11.6 Å². The van der Waals surface area contributed by atoms with Crippen LogP contribution in [0.2, 0.25) is 5.02 Å². The summed E-state index contributed by atoms with van der Waals surface area (Å²) in [5.41, 5.74) is 1.75. The molecule has 1 atom stereocenters. The fourth-order valence-electron chi connectivity index (χ4n) is 5.29. The maximum Gasteiger partial charge on any atom is 0.264 e. The molecule has 4 rings (SSSR count). The molecule has 1 aliphatic rings. The normalized spacial score (nSPS) is 14.4. The van der Waals surface area contributed by atoms with Crippen molar-refractivity contribution < 1.29 is 27.5 Å². The van der Waals surface area contributed by atoms with Gasteiger partial charge in [-0.05, 0) is 74.7 Å². The topological polar surface area (TPSA) is 105 Å². The molecular weight excluding hydrogens is 602 g/mol. The molecule has 2 amide bonds. The zero-order valence-corrected chi connectivity index (χ0v) is 27.2. The van der Waals surface area contributed by atoms with E-state index in [1.807, 2.05) is 19.1 Å². The maximum absolute atomic E-state index is 14.3. The Morgan fingerprint density at radius 3 is 2.23 bits per heavy atom. The molecule has 0 radical (unpaired) electrons. The monoisotopic (exact) mass is 641 g/mol. The van der Waals surface area contributed by atoms with Crippen LogP contribution in [-0.4, -0.2) is 58.0 Å². The summed E-state index contributed by atoms with van der Waals surface area (Å²) in [6, 6.07) is 17.3. The maximum atomic E-state index is 14.3. The summed E-state index contributed by atoms with van der Waals surface area (Å²) in [5, 5.41) is 3.38. The van der Waals surface area contributed by atoms with Crippen molar-refractivity contribution >= 4 is 39.1 Å². The lowest BCUT2D eigenvalue weighted by molar-refractivity contribution is -0.139. The summed E-state index contributed by atoms with van der Waals surface area (Å²) in [7, 11) is -1.29. The molecule has 3 aromatic rings. The third-order valence-corrected chi connectivity index (χ3v) is 9.94. The van der Waals surface area contributed by atoms with Crippen molar-refractivity contribution in [1.29, 1.82) is 0 Å². The Hall–Kier alpha value is -3.76. The SMILES string of the molecule is COc1ccc(CN(C(=O)CN(c2cc(Cl)ccc2OC)S(=O)(=O)c2ccc(C)cc2)[C@H](C)C(=O)NC2CCCCC2)cc1. The number of methoxy groups -OCH3 is 2. The average Bonchev–Trinajstić information content (AvgIpc) is 3.03. The second kappa shape index (κ2) is 14.8.